The van der Waals surface area contributed by atoms with Crippen molar-refractivity contribution in [2.24, 2.45) is 0 Å². The van der Waals surface area contributed by atoms with Gasteiger partial charge >= 0.3 is 0 Å². The fourth-order valence-electron chi connectivity index (χ4n) is 1.53. The Morgan fingerprint density at radius 2 is 2.46 bits per heavy atom. The summed E-state index contributed by atoms with van der Waals surface area (Å²) in [6.07, 6.45) is 2.21. The van der Waals surface area contributed by atoms with E-state index in [1.54, 1.807) is 4.90 Å². The lowest BCUT2D eigenvalue weighted by Gasteiger charge is -2.31. The zero-order chi connectivity index (χ0) is 9.84. The fourth-order valence-corrected chi connectivity index (χ4v) is 1.82. The number of rotatable bonds is 2. The van der Waals surface area contributed by atoms with Crippen molar-refractivity contribution in [3.05, 3.63) is 0 Å². The second-order valence-electron chi connectivity index (χ2n) is 3.46. The molecule has 0 aromatic rings. The van der Waals surface area contributed by atoms with Crippen LogP contribution in [0.25, 0.3) is 0 Å². The van der Waals surface area contributed by atoms with Gasteiger partial charge in [-0.2, -0.15) is 0 Å². The number of aliphatic hydroxyl groups excluding tert-OH is 1. The standard InChI is InChI=1S/C9H16BrNO2/c1-2-8(10)9(13)11-5-3-4-7(12)6-11/h7-8,12H,2-6H2,1H3. The van der Waals surface area contributed by atoms with Crippen LogP contribution in [0.15, 0.2) is 0 Å². The predicted octanol–water partition coefficient (Wildman–Crippen LogP) is 1.14. The first-order valence-corrected chi connectivity index (χ1v) is 5.67. The second-order valence-corrected chi connectivity index (χ2v) is 4.56. The molecule has 0 radical (unpaired) electrons. The summed E-state index contributed by atoms with van der Waals surface area (Å²) < 4.78 is 0. The highest BCUT2D eigenvalue weighted by atomic mass is 79.9. The van der Waals surface area contributed by atoms with Crippen molar-refractivity contribution in [2.75, 3.05) is 13.1 Å². The van der Waals surface area contributed by atoms with E-state index in [4.69, 9.17) is 0 Å². The minimum atomic E-state index is -0.325. The maximum absolute atomic E-state index is 11.6. The Balaban J connectivity index is 2.46. The summed E-state index contributed by atoms with van der Waals surface area (Å²) >= 11 is 3.32. The summed E-state index contributed by atoms with van der Waals surface area (Å²) in [5.41, 5.74) is 0. The highest BCUT2D eigenvalue weighted by molar-refractivity contribution is 9.10. The third-order valence-electron chi connectivity index (χ3n) is 2.33. The summed E-state index contributed by atoms with van der Waals surface area (Å²) in [5.74, 6) is 0.112. The van der Waals surface area contributed by atoms with Crippen LogP contribution < -0.4 is 0 Å². The van der Waals surface area contributed by atoms with E-state index in [9.17, 15) is 9.90 Å². The van der Waals surface area contributed by atoms with E-state index in [0.29, 0.717) is 6.54 Å². The van der Waals surface area contributed by atoms with Crippen molar-refractivity contribution >= 4 is 21.8 Å². The Bertz CT molecular complexity index is 186. The molecule has 0 aromatic carbocycles. The average Bonchev–Trinajstić information content (AvgIpc) is 2.15. The molecule has 0 bridgehead atoms. The van der Waals surface area contributed by atoms with Gasteiger partial charge in [0.15, 0.2) is 0 Å². The summed E-state index contributed by atoms with van der Waals surface area (Å²) in [4.78, 5) is 13.3. The lowest BCUT2D eigenvalue weighted by Crippen LogP contribution is -2.45. The van der Waals surface area contributed by atoms with Gasteiger partial charge in [-0.3, -0.25) is 4.79 Å². The molecule has 1 rings (SSSR count). The summed E-state index contributed by atoms with van der Waals surface area (Å²) in [6.45, 7) is 3.26. The summed E-state index contributed by atoms with van der Waals surface area (Å²) in [5, 5.41) is 9.37. The van der Waals surface area contributed by atoms with Gasteiger partial charge in [-0.15, -0.1) is 0 Å². The molecule has 2 unspecified atom stereocenters. The molecule has 13 heavy (non-hydrogen) atoms. The van der Waals surface area contributed by atoms with Crippen LogP contribution in [0.4, 0.5) is 0 Å². The van der Waals surface area contributed by atoms with Crippen LogP contribution >= 0.6 is 15.9 Å². The fraction of sp³-hybridized carbons (Fsp3) is 0.889. The Kier molecular flexibility index (Phi) is 4.19. The Morgan fingerprint density at radius 1 is 1.77 bits per heavy atom. The minimum absolute atomic E-state index is 0.0854. The molecule has 1 fully saturated rings. The van der Waals surface area contributed by atoms with Crippen LogP contribution in [0.1, 0.15) is 26.2 Å². The number of alkyl halides is 1. The van der Waals surface area contributed by atoms with Crippen LogP contribution in [-0.4, -0.2) is 39.9 Å². The molecule has 1 saturated heterocycles. The van der Waals surface area contributed by atoms with Crippen molar-refractivity contribution < 1.29 is 9.90 Å². The first kappa shape index (κ1) is 11.0. The van der Waals surface area contributed by atoms with E-state index in [2.05, 4.69) is 15.9 Å². The molecular weight excluding hydrogens is 234 g/mol. The minimum Gasteiger partial charge on any atom is -0.391 e. The zero-order valence-corrected chi connectivity index (χ0v) is 9.46. The maximum Gasteiger partial charge on any atom is 0.236 e. The number of nitrogens with zero attached hydrogens (tertiary/aromatic N) is 1. The number of hydrogen-bond donors (Lipinski definition) is 1. The molecule has 1 aliphatic heterocycles. The molecule has 0 aromatic heterocycles. The molecule has 1 heterocycles. The van der Waals surface area contributed by atoms with Crippen LogP contribution in [0.5, 0.6) is 0 Å². The molecule has 4 heteroatoms. The smallest absolute Gasteiger partial charge is 0.236 e. The normalized spacial score (nSPS) is 25.8. The highest BCUT2D eigenvalue weighted by Gasteiger charge is 2.25. The number of carbonyl (C=O) groups excluding carboxylic acids is 1. The van der Waals surface area contributed by atoms with Crippen molar-refractivity contribution in [1.82, 2.24) is 4.90 Å². The van der Waals surface area contributed by atoms with E-state index in [1.165, 1.54) is 0 Å². The molecule has 2 atom stereocenters. The molecule has 1 N–H and O–H groups in total. The molecule has 0 spiro atoms. The third kappa shape index (κ3) is 2.95. The van der Waals surface area contributed by atoms with Crippen LogP contribution in [-0.2, 0) is 4.79 Å². The molecule has 0 saturated carbocycles. The lowest BCUT2D eigenvalue weighted by molar-refractivity contribution is -0.133. The van der Waals surface area contributed by atoms with Crippen molar-refractivity contribution in [3.63, 3.8) is 0 Å². The SMILES string of the molecule is CCC(Br)C(=O)N1CCCC(O)C1. The van der Waals surface area contributed by atoms with E-state index < -0.39 is 0 Å². The number of amides is 1. The van der Waals surface area contributed by atoms with Crippen molar-refractivity contribution in [1.29, 1.82) is 0 Å². The molecule has 76 valence electrons. The third-order valence-corrected chi connectivity index (χ3v) is 3.37. The van der Waals surface area contributed by atoms with Gasteiger partial charge < -0.3 is 10.0 Å². The first-order valence-electron chi connectivity index (χ1n) is 4.76. The van der Waals surface area contributed by atoms with Crippen LogP contribution in [0.3, 0.4) is 0 Å². The predicted molar refractivity (Wildman–Crippen MR) is 54.8 cm³/mol. The monoisotopic (exact) mass is 249 g/mol. The van der Waals surface area contributed by atoms with Gasteiger partial charge in [0, 0.05) is 13.1 Å². The lowest BCUT2D eigenvalue weighted by atomic mass is 10.1. The van der Waals surface area contributed by atoms with Gasteiger partial charge in [0.2, 0.25) is 5.91 Å². The van der Waals surface area contributed by atoms with Crippen LogP contribution in [0.2, 0.25) is 0 Å². The van der Waals surface area contributed by atoms with Gasteiger partial charge in [0.05, 0.1) is 10.9 Å². The van der Waals surface area contributed by atoms with E-state index in [1.807, 2.05) is 6.92 Å². The number of piperidine rings is 1. The summed E-state index contributed by atoms with van der Waals surface area (Å²) in [6, 6.07) is 0. The molecular formula is C9H16BrNO2. The number of carbonyl (C=O) groups is 1. The van der Waals surface area contributed by atoms with Crippen molar-refractivity contribution in [3.8, 4) is 0 Å². The highest BCUT2D eigenvalue weighted by Crippen LogP contribution is 2.15. The number of hydrogen-bond acceptors (Lipinski definition) is 2. The summed E-state index contributed by atoms with van der Waals surface area (Å²) in [7, 11) is 0. The molecule has 1 aliphatic rings. The number of halogens is 1. The molecule has 0 aliphatic carbocycles. The van der Waals surface area contributed by atoms with Crippen LogP contribution in [0, 0.1) is 0 Å². The van der Waals surface area contributed by atoms with Gasteiger partial charge in [-0.25, -0.2) is 0 Å². The quantitative estimate of drug-likeness (QED) is 0.747. The Hall–Kier alpha value is -0.0900. The van der Waals surface area contributed by atoms with Gasteiger partial charge in [0.25, 0.3) is 0 Å². The molecule has 1 amide bonds. The second kappa shape index (κ2) is 4.96. The van der Waals surface area contributed by atoms with Gasteiger partial charge in [-0.05, 0) is 19.3 Å². The number of aliphatic hydroxyl groups is 1. The number of β-amino-alcohol motifs (C(OH)–C–C–N with tert-alkyl or cyclic N) is 1. The molecule has 3 nitrogen and oxygen atoms in total. The van der Waals surface area contributed by atoms with E-state index in [0.717, 1.165) is 25.8 Å². The first-order chi connectivity index (χ1) is 6.15. The Labute approximate surface area is 87.2 Å². The van der Waals surface area contributed by atoms with E-state index in [-0.39, 0.29) is 16.8 Å². The largest absolute Gasteiger partial charge is 0.391 e. The van der Waals surface area contributed by atoms with E-state index >= 15 is 0 Å². The number of likely N-dealkylation sites (tertiary alicyclic amines) is 1. The zero-order valence-electron chi connectivity index (χ0n) is 7.87. The van der Waals surface area contributed by atoms with Gasteiger partial charge in [0.1, 0.15) is 0 Å². The topological polar surface area (TPSA) is 40.5 Å². The van der Waals surface area contributed by atoms with Crippen molar-refractivity contribution in [2.45, 2.75) is 37.1 Å². The van der Waals surface area contributed by atoms with Gasteiger partial charge in [-0.1, -0.05) is 22.9 Å². The average molecular weight is 250 g/mol. The maximum atomic E-state index is 11.6. The Morgan fingerprint density at radius 3 is 3.00 bits per heavy atom.